The fourth-order valence-electron chi connectivity index (χ4n) is 1.33. The van der Waals surface area contributed by atoms with Crippen LogP contribution in [0.25, 0.3) is 5.82 Å². The molecule has 0 spiro atoms. The van der Waals surface area contributed by atoms with Crippen LogP contribution >= 0.6 is 11.6 Å². The molecule has 6 heteroatoms. The minimum absolute atomic E-state index is 0.436. The summed E-state index contributed by atoms with van der Waals surface area (Å²) in [6.45, 7) is 3.81. The van der Waals surface area contributed by atoms with Gasteiger partial charge in [0.25, 0.3) is 0 Å². The van der Waals surface area contributed by atoms with Crippen molar-refractivity contribution in [1.82, 2.24) is 19.7 Å². The van der Waals surface area contributed by atoms with Gasteiger partial charge in [-0.05, 0) is 6.92 Å². The van der Waals surface area contributed by atoms with Crippen molar-refractivity contribution in [2.75, 3.05) is 5.73 Å². The zero-order valence-electron chi connectivity index (χ0n) is 9.11. The predicted molar refractivity (Wildman–Crippen MR) is 62.7 cm³/mol. The Hall–Kier alpha value is -1.62. The van der Waals surface area contributed by atoms with Gasteiger partial charge in [-0.1, -0.05) is 18.5 Å². The van der Waals surface area contributed by atoms with Crippen molar-refractivity contribution >= 4 is 17.4 Å². The van der Waals surface area contributed by atoms with Gasteiger partial charge < -0.3 is 5.73 Å². The van der Waals surface area contributed by atoms with E-state index in [1.54, 1.807) is 16.9 Å². The second kappa shape index (κ2) is 4.09. The van der Waals surface area contributed by atoms with E-state index in [0.29, 0.717) is 22.5 Å². The van der Waals surface area contributed by atoms with E-state index in [1.807, 2.05) is 13.8 Å². The first-order valence-electron chi connectivity index (χ1n) is 4.95. The molecule has 0 saturated carbocycles. The predicted octanol–water partition coefficient (Wildman–Crippen LogP) is 1.77. The highest BCUT2D eigenvalue weighted by molar-refractivity contribution is 6.31. The highest BCUT2D eigenvalue weighted by Crippen LogP contribution is 2.16. The van der Waals surface area contributed by atoms with Gasteiger partial charge in [-0.3, -0.25) is 0 Å². The number of hydrogen-bond donors (Lipinski definition) is 1. The number of halogens is 1. The molecule has 0 aliphatic heterocycles. The lowest BCUT2D eigenvalue weighted by atomic mass is 10.4. The molecule has 5 nitrogen and oxygen atoms in total. The summed E-state index contributed by atoms with van der Waals surface area (Å²) in [6, 6.07) is 1.67. The molecule has 0 aliphatic carbocycles. The van der Waals surface area contributed by atoms with E-state index in [0.717, 1.165) is 12.1 Å². The third-order valence-corrected chi connectivity index (χ3v) is 2.54. The van der Waals surface area contributed by atoms with Gasteiger partial charge in [0.1, 0.15) is 11.6 Å². The number of rotatable bonds is 2. The molecule has 0 aromatic carbocycles. The van der Waals surface area contributed by atoms with Crippen molar-refractivity contribution in [3.8, 4) is 5.82 Å². The standard InChI is InChI=1S/C10H12ClN5/c1-3-9-13-8(12)4-10(14-9)16-5-7(11)6(2)15-16/h4-5H,3H2,1-2H3,(H2,12,13,14). The molecule has 84 valence electrons. The molecule has 2 aromatic heterocycles. The van der Waals surface area contributed by atoms with Gasteiger partial charge >= 0.3 is 0 Å². The average Bonchev–Trinajstić information content (AvgIpc) is 2.58. The molecule has 0 unspecified atom stereocenters. The maximum Gasteiger partial charge on any atom is 0.159 e. The van der Waals surface area contributed by atoms with E-state index >= 15 is 0 Å². The summed E-state index contributed by atoms with van der Waals surface area (Å²) in [5.41, 5.74) is 6.45. The Bertz CT molecular complexity index is 500. The largest absolute Gasteiger partial charge is 0.384 e. The van der Waals surface area contributed by atoms with Crippen molar-refractivity contribution < 1.29 is 0 Å². The van der Waals surface area contributed by atoms with Crippen molar-refractivity contribution in [3.63, 3.8) is 0 Å². The van der Waals surface area contributed by atoms with Gasteiger partial charge in [0.15, 0.2) is 5.82 Å². The summed E-state index contributed by atoms with van der Waals surface area (Å²) >= 11 is 5.93. The maximum absolute atomic E-state index is 5.93. The highest BCUT2D eigenvalue weighted by Gasteiger charge is 2.07. The van der Waals surface area contributed by atoms with Crippen molar-refractivity contribution in [3.05, 3.63) is 28.8 Å². The van der Waals surface area contributed by atoms with Crippen LogP contribution in [0.3, 0.4) is 0 Å². The second-order valence-electron chi connectivity index (χ2n) is 3.43. The van der Waals surface area contributed by atoms with E-state index < -0.39 is 0 Å². The number of anilines is 1. The minimum Gasteiger partial charge on any atom is -0.384 e. The summed E-state index contributed by atoms with van der Waals surface area (Å²) in [5.74, 6) is 1.77. The molecular formula is C10H12ClN5. The third-order valence-electron chi connectivity index (χ3n) is 2.17. The van der Waals surface area contributed by atoms with Gasteiger partial charge in [-0.25, -0.2) is 14.6 Å². The van der Waals surface area contributed by atoms with E-state index in [-0.39, 0.29) is 0 Å². The van der Waals surface area contributed by atoms with Crippen LogP contribution in [0, 0.1) is 6.92 Å². The van der Waals surface area contributed by atoms with E-state index in [9.17, 15) is 0 Å². The van der Waals surface area contributed by atoms with Crippen LogP contribution in [0.2, 0.25) is 5.02 Å². The second-order valence-corrected chi connectivity index (χ2v) is 3.84. The molecule has 0 aliphatic rings. The average molecular weight is 238 g/mol. The Kier molecular flexibility index (Phi) is 2.78. The minimum atomic E-state index is 0.436. The van der Waals surface area contributed by atoms with E-state index in [4.69, 9.17) is 17.3 Å². The molecule has 2 N–H and O–H groups in total. The SMILES string of the molecule is CCc1nc(N)cc(-n2cc(Cl)c(C)n2)n1. The molecule has 0 radical (unpaired) electrons. The summed E-state index contributed by atoms with van der Waals surface area (Å²) in [7, 11) is 0. The van der Waals surface area contributed by atoms with Crippen LogP contribution in [0.4, 0.5) is 5.82 Å². The zero-order chi connectivity index (χ0) is 11.7. The molecular weight excluding hydrogens is 226 g/mol. The Labute approximate surface area is 98.3 Å². The number of nitrogen functional groups attached to an aromatic ring is 1. The van der Waals surface area contributed by atoms with Crippen molar-refractivity contribution in [1.29, 1.82) is 0 Å². The van der Waals surface area contributed by atoms with Gasteiger partial charge in [-0.15, -0.1) is 0 Å². The Balaban J connectivity index is 2.50. The number of nitrogens with zero attached hydrogens (tertiary/aromatic N) is 4. The lowest BCUT2D eigenvalue weighted by molar-refractivity contribution is 0.805. The quantitative estimate of drug-likeness (QED) is 0.864. The van der Waals surface area contributed by atoms with Gasteiger partial charge in [0.05, 0.1) is 16.9 Å². The highest BCUT2D eigenvalue weighted by atomic mass is 35.5. The molecule has 0 amide bonds. The first-order valence-corrected chi connectivity index (χ1v) is 5.33. The Morgan fingerprint density at radius 1 is 1.44 bits per heavy atom. The molecule has 0 bridgehead atoms. The Morgan fingerprint density at radius 3 is 2.75 bits per heavy atom. The molecule has 0 atom stereocenters. The fourth-order valence-corrected chi connectivity index (χ4v) is 1.47. The number of hydrogen-bond acceptors (Lipinski definition) is 4. The molecule has 0 fully saturated rings. The van der Waals surface area contributed by atoms with E-state index in [1.165, 1.54) is 0 Å². The van der Waals surface area contributed by atoms with Gasteiger partial charge in [-0.2, -0.15) is 5.10 Å². The molecule has 0 saturated heterocycles. The fraction of sp³-hybridized carbons (Fsp3) is 0.300. The molecule has 2 rings (SSSR count). The normalized spacial score (nSPS) is 10.7. The number of aromatic nitrogens is 4. The maximum atomic E-state index is 5.93. The van der Waals surface area contributed by atoms with Crippen LogP contribution in [0.5, 0.6) is 0 Å². The van der Waals surface area contributed by atoms with Crippen LogP contribution < -0.4 is 5.73 Å². The monoisotopic (exact) mass is 237 g/mol. The van der Waals surface area contributed by atoms with Gasteiger partial charge in [0.2, 0.25) is 0 Å². The summed E-state index contributed by atoms with van der Waals surface area (Å²) in [5, 5.41) is 4.84. The number of nitrogens with two attached hydrogens (primary N) is 1. The van der Waals surface area contributed by atoms with Crippen LogP contribution in [0.15, 0.2) is 12.3 Å². The molecule has 16 heavy (non-hydrogen) atoms. The lowest BCUT2D eigenvalue weighted by Crippen LogP contribution is -2.05. The van der Waals surface area contributed by atoms with Crippen molar-refractivity contribution in [2.24, 2.45) is 0 Å². The Morgan fingerprint density at radius 2 is 2.19 bits per heavy atom. The first-order chi connectivity index (χ1) is 7.60. The van der Waals surface area contributed by atoms with Crippen LogP contribution in [0.1, 0.15) is 18.4 Å². The molecule has 2 aromatic rings. The first kappa shape index (κ1) is 10.9. The van der Waals surface area contributed by atoms with Crippen molar-refractivity contribution in [2.45, 2.75) is 20.3 Å². The third kappa shape index (κ3) is 1.99. The summed E-state index contributed by atoms with van der Waals surface area (Å²) in [4.78, 5) is 8.43. The smallest absolute Gasteiger partial charge is 0.159 e. The number of aryl methyl sites for hydroxylation is 2. The van der Waals surface area contributed by atoms with Gasteiger partial charge in [0, 0.05) is 12.5 Å². The summed E-state index contributed by atoms with van der Waals surface area (Å²) < 4.78 is 1.61. The zero-order valence-corrected chi connectivity index (χ0v) is 9.86. The molecule has 2 heterocycles. The van der Waals surface area contributed by atoms with E-state index in [2.05, 4.69) is 15.1 Å². The summed E-state index contributed by atoms with van der Waals surface area (Å²) in [6.07, 6.45) is 2.43. The van der Waals surface area contributed by atoms with Crippen LogP contribution in [-0.2, 0) is 6.42 Å². The topological polar surface area (TPSA) is 69.6 Å². The van der Waals surface area contributed by atoms with Crippen LogP contribution in [-0.4, -0.2) is 19.7 Å². The lowest BCUT2D eigenvalue weighted by Gasteiger charge is -2.03.